The van der Waals surface area contributed by atoms with Crippen LogP contribution in [0, 0.1) is 6.92 Å². The van der Waals surface area contributed by atoms with Crippen LogP contribution in [0.1, 0.15) is 18.4 Å². The van der Waals surface area contributed by atoms with Gasteiger partial charge in [0.2, 0.25) is 5.91 Å². The largest absolute Gasteiger partial charge is 0.495 e. The van der Waals surface area contributed by atoms with E-state index in [1.165, 1.54) is 0 Å². The van der Waals surface area contributed by atoms with E-state index in [1.807, 2.05) is 55.5 Å². The maximum atomic E-state index is 12.2. The number of hydrogen-bond acceptors (Lipinski definition) is 3. The molecule has 0 fully saturated rings. The number of fused-ring (bicyclic) bond motifs is 1. The van der Waals surface area contributed by atoms with Crippen molar-refractivity contribution in [2.75, 3.05) is 19.0 Å². The summed E-state index contributed by atoms with van der Waals surface area (Å²) in [4.78, 5) is 12.2. The van der Waals surface area contributed by atoms with E-state index in [2.05, 4.69) is 17.4 Å². The first-order valence-electron chi connectivity index (χ1n) is 8.72. The van der Waals surface area contributed by atoms with Crippen molar-refractivity contribution in [1.29, 1.82) is 0 Å². The summed E-state index contributed by atoms with van der Waals surface area (Å²) in [7, 11) is 1.60. The van der Waals surface area contributed by atoms with Gasteiger partial charge >= 0.3 is 0 Å². The Morgan fingerprint density at radius 1 is 1.00 bits per heavy atom. The Kier molecular flexibility index (Phi) is 5.74. The first kappa shape index (κ1) is 17.8. The first-order chi connectivity index (χ1) is 12.7. The Balaban J connectivity index is 1.52. The molecule has 0 saturated heterocycles. The number of anilines is 1. The molecule has 26 heavy (non-hydrogen) atoms. The highest BCUT2D eigenvalue weighted by atomic mass is 16.5. The topological polar surface area (TPSA) is 47.6 Å². The summed E-state index contributed by atoms with van der Waals surface area (Å²) in [6.07, 6.45) is 1.03. The maximum absolute atomic E-state index is 12.2. The Morgan fingerprint density at radius 3 is 2.65 bits per heavy atom. The van der Waals surface area contributed by atoms with Crippen LogP contribution in [0.4, 0.5) is 5.69 Å². The standard InChI is InChI=1S/C22H23NO3/c1-16-12-13-21(25-2)19(15-16)23-22(24)11-6-14-26-20-10-5-8-17-7-3-4-9-18(17)20/h3-5,7-10,12-13,15H,6,11,14H2,1-2H3,(H,23,24). The van der Waals surface area contributed by atoms with E-state index < -0.39 is 0 Å². The first-order valence-corrected chi connectivity index (χ1v) is 8.72. The minimum Gasteiger partial charge on any atom is -0.495 e. The molecular weight excluding hydrogens is 326 g/mol. The van der Waals surface area contributed by atoms with Crippen LogP contribution in [0.15, 0.2) is 60.7 Å². The predicted molar refractivity (Wildman–Crippen MR) is 105 cm³/mol. The van der Waals surface area contributed by atoms with Gasteiger partial charge in [-0.3, -0.25) is 4.79 Å². The Labute approximate surface area is 153 Å². The molecule has 3 aromatic rings. The van der Waals surface area contributed by atoms with Crippen LogP contribution in [0.2, 0.25) is 0 Å². The maximum Gasteiger partial charge on any atom is 0.224 e. The van der Waals surface area contributed by atoms with Gasteiger partial charge in [-0.1, -0.05) is 42.5 Å². The summed E-state index contributed by atoms with van der Waals surface area (Å²) in [6.45, 7) is 2.47. The Hall–Kier alpha value is -3.01. The SMILES string of the molecule is COc1ccc(C)cc1NC(=O)CCCOc1cccc2ccccc12. The normalized spacial score (nSPS) is 10.5. The van der Waals surface area contributed by atoms with Crippen LogP contribution in [0.3, 0.4) is 0 Å². The van der Waals surface area contributed by atoms with E-state index in [1.54, 1.807) is 7.11 Å². The van der Waals surface area contributed by atoms with Crippen LogP contribution in [0.5, 0.6) is 11.5 Å². The van der Waals surface area contributed by atoms with Gasteiger partial charge in [-0.05, 0) is 42.5 Å². The molecule has 0 aliphatic rings. The van der Waals surface area contributed by atoms with Crippen molar-refractivity contribution in [3.8, 4) is 11.5 Å². The number of benzene rings is 3. The van der Waals surface area contributed by atoms with Crippen molar-refractivity contribution in [2.45, 2.75) is 19.8 Å². The molecule has 0 aliphatic heterocycles. The quantitative estimate of drug-likeness (QED) is 0.614. The number of aryl methyl sites for hydroxylation is 1. The highest BCUT2D eigenvalue weighted by Crippen LogP contribution is 2.26. The van der Waals surface area contributed by atoms with Crippen molar-refractivity contribution in [1.82, 2.24) is 0 Å². The van der Waals surface area contributed by atoms with E-state index in [0.717, 1.165) is 22.1 Å². The fourth-order valence-electron chi connectivity index (χ4n) is 2.87. The predicted octanol–water partition coefficient (Wildman–Crippen LogP) is 4.95. The number of nitrogens with one attached hydrogen (secondary N) is 1. The summed E-state index contributed by atoms with van der Waals surface area (Å²) in [5, 5.41) is 5.15. The Bertz CT molecular complexity index is 900. The van der Waals surface area contributed by atoms with Crippen molar-refractivity contribution in [2.24, 2.45) is 0 Å². The molecule has 0 bridgehead atoms. The Morgan fingerprint density at radius 2 is 1.81 bits per heavy atom. The molecule has 0 radical (unpaired) electrons. The van der Waals surface area contributed by atoms with Gasteiger partial charge in [0.05, 0.1) is 19.4 Å². The monoisotopic (exact) mass is 349 g/mol. The molecule has 4 heteroatoms. The van der Waals surface area contributed by atoms with Gasteiger partial charge in [0, 0.05) is 11.8 Å². The minimum atomic E-state index is -0.0459. The molecule has 0 unspecified atom stereocenters. The lowest BCUT2D eigenvalue weighted by Gasteiger charge is -2.12. The van der Waals surface area contributed by atoms with Gasteiger partial charge in [-0.15, -0.1) is 0 Å². The minimum absolute atomic E-state index is 0.0459. The fourth-order valence-corrected chi connectivity index (χ4v) is 2.87. The number of ether oxygens (including phenoxy) is 2. The van der Waals surface area contributed by atoms with Crippen molar-refractivity contribution in [3.05, 3.63) is 66.2 Å². The molecular formula is C22H23NO3. The summed E-state index contributed by atoms with van der Waals surface area (Å²) >= 11 is 0. The van der Waals surface area contributed by atoms with Crippen LogP contribution < -0.4 is 14.8 Å². The molecule has 0 saturated carbocycles. The molecule has 134 valence electrons. The van der Waals surface area contributed by atoms with Gasteiger partial charge < -0.3 is 14.8 Å². The van der Waals surface area contributed by atoms with Gasteiger partial charge in [0.1, 0.15) is 11.5 Å². The smallest absolute Gasteiger partial charge is 0.224 e. The van der Waals surface area contributed by atoms with Crippen LogP contribution in [-0.2, 0) is 4.79 Å². The van der Waals surface area contributed by atoms with E-state index in [-0.39, 0.29) is 5.91 Å². The third-order valence-electron chi connectivity index (χ3n) is 4.18. The third-order valence-corrected chi connectivity index (χ3v) is 4.18. The second-order valence-corrected chi connectivity index (χ2v) is 6.18. The van der Waals surface area contributed by atoms with E-state index in [9.17, 15) is 4.79 Å². The van der Waals surface area contributed by atoms with Gasteiger partial charge in [0.15, 0.2) is 0 Å². The summed E-state index contributed by atoms with van der Waals surface area (Å²) in [5.41, 5.74) is 1.77. The average molecular weight is 349 g/mol. The van der Waals surface area contributed by atoms with Crippen LogP contribution >= 0.6 is 0 Å². The van der Waals surface area contributed by atoms with E-state index >= 15 is 0 Å². The number of carbonyl (C=O) groups is 1. The second-order valence-electron chi connectivity index (χ2n) is 6.18. The molecule has 3 rings (SSSR count). The average Bonchev–Trinajstić information content (AvgIpc) is 2.65. The van der Waals surface area contributed by atoms with Crippen molar-refractivity contribution in [3.63, 3.8) is 0 Å². The van der Waals surface area contributed by atoms with E-state index in [0.29, 0.717) is 30.9 Å². The highest BCUT2D eigenvalue weighted by Gasteiger charge is 2.08. The molecule has 0 heterocycles. The fraction of sp³-hybridized carbons (Fsp3) is 0.227. The number of methoxy groups -OCH3 is 1. The zero-order chi connectivity index (χ0) is 18.4. The van der Waals surface area contributed by atoms with Gasteiger partial charge in [-0.2, -0.15) is 0 Å². The lowest BCUT2D eigenvalue weighted by Crippen LogP contribution is -2.13. The van der Waals surface area contributed by atoms with Crippen molar-refractivity contribution < 1.29 is 14.3 Å². The molecule has 4 nitrogen and oxygen atoms in total. The highest BCUT2D eigenvalue weighted by molar-refractivity contribution is 5.92. The van der Waals surface area contributed by atoms with Gasteiger partial charge in [-0.25, -0.2) is 0 Å². The molecule has 3 aromatic carbocycles. The molecule has 0 aliphatic carbocycles. The van der Waals surface area contributed by atoms with Crippen molar-refractivity contribution >= 4 is 22.4 Å². The second kappa shape index (κ2) is 8.39. The summed E-state index contributed by atoms with van der Waals surface area (Å²) in [5.74, 6) is 1.47. The lowest BCUT2D eigenvalue weighted by molar-refractivity contribution is -0.116. The summed E-state index contributed by atoms with van der Waals surface area (Å²) in [6, 6.07) is 19.8. The van der Waals surface area contributed by atoms with Crippen LogP contribution in [0.25, 0.3) is 10.8 Å². The number of rotatable bonds is 7. The van der Waals surface area contributed by atoms with E-state index in [4.69, 9.17) is 9.47 Å². The van der Waals surface area contributed by atoms with Gasteiger partial charge in [0.25, 0.3) is 0 Å². The van der Waals surface area contributed by atoms with Crippen LogP contribution in [-0.4, -0.2) is 19.6 Å². The third kappa shape index (κ3) is 4.33. The zero-order valence-corrected chi connectivity index (χ0v) is 15.1. The molecule has 0 aromatic heterocycles. The number of amides is 1. The zero-order valence-electron chi connectivity index (χ0n) is 15.1. The number of carbonyl (C=O) groups excluding carboxylic acids is 1. The number of hydrogen-bond donors (Lipinski definition) is 1. The summed E-state index contributed by atoms with van der Waals surface area (Å²) < 4.78 is 11.2. The molecule has 1 N–H and O–H groups in total. The molecule has 0 atom stereocenters. The molecule has 1 amide bonds. The molecule has 0 spiro atoms. The lowest BCUT2D eigenvalue weighted by atomic mass is 10.1.